The van der Waals surface area contributed by atoms with E-state index < -0.39 is 0 Å². The summed E-state index contributed by atoms with van der Waals surface area (Å²) in [6.45, 7) is 1.80. The second-order valence-corrected chi connectivity index (χ2v) is 5.74. The lowest BCUT2D eigenvalue weighted by atomic mass is 10.1. The lowest BCUT2D eigenvalue weighted by Crippen LogP contribution is -2.40. The minimum atomic E-state index is -0.0879. The lowest BCUT2D eigenvalue weighted by Gasteiger charge is -2.20. The molecular formula is C11H16ClN3OS. The van der Waals surface area contributed by atoms with Crippen LogP contribution in [0.25, 0.3) is 0 Å². The van der Waals surface area contributed by atoms with Crippen LogP contribution in [-0.4, -0.2) is 26.9 Å². The van der Waals surface area contributed by atoms with Crippen molar-refractivity contribution < 1.29 is 4.79 Å². The van der Waals surface area contributed by atoms with Gasteiger partial charge < -0.3 is 5.32 Å². The Balaban J connectivity index is 2.00. The molecule has 1 aromatic rings. The highest BCUT2D eigenvalue weighted by Gasteiger charge is 2.25. The van der Waals surface area contributed by atoms with Crippen molar-refractivity contribution in [1.82, 2.24) is 14.9 Å². The minimum Gasteiger partial charge on any atom is -0.347 e. The molecule has 94 valence electrons. The molecule has 0 aliphatic heterocycles. The van der Waals surface area contributed by atoms with E-state index >= 15 is 0 Å². The van der Waals surface area contributed by atoms with Crippen LogP contribution in [0, 0.1) is 6.92 Å². The Bertz CT molecular complexity index is 396. The number of rotatable bonds is 2. The Kier molecular flexibility index (Phi) is 4.34. The van der Waals surface area contributed by atoms with E-state index in [1.807, 2.05) is 0 Å². The van der Waals surface area contributed by atoms with Gasteiger partial charge in [-0.3, -0.25) is 4.79 Å². The molecule has 0 bridgehead atoms. The first-order valence-electron chi connectivity index (χ1n) is 5.92. The highest BCUT2D eigenvalue weighted by atomic mass is 35.5. The van der Waals surface area contributed by atoms with Crippen LogP contribution in [0.5, 0.6) is 0 Å². The van der Waals surface area contributed by atoms with Crippen LogP contribution in [-0.2, 0) is 0 Å². The normalized spacial score (nSPS) is 25.3. The van der Waals surface area contributed by atoms with E-state index in [1.54, 1.807) is 6.92 Å². The van der Waals surface area contributed by atoms with Crippen LogP contribution in [0.15, 0.2) is 0 Å². The molecule has 1 amide bonds. The molecule has 2 unspecified atom stereocenters. The van der Waals surface area contributed by atoms with Gasteiger partial charge in [0.25, 0.3) is 5.91 Å². The molecule has 1 fully saturated rings. The fourth-order valence-corrected chi connectivity index (χ4v) is 3.00. The third-order valence-corrected chi connectivity index (χ3v) is 4.45. The van der Waals surface area contributed by atoms with Gasteiger partial charge in [-0.15, -0.1) is 16.7 Å². The Morgan fingerprint density at radius 2 is 2.18 bits per heavy atom. The number of amides is 1. The maximum Gasteiger partial charge on any atom is 0.265 e. The van der Waals surface area contributed by atoms with E-state index in [0.717, 1.165) is 37.2 Å². The fraction of sp³-hybridized carbons (Fsp3) is 0.727. The van der Waals surface area contributed by atoms with Crippen LogP contribution in [0.1, 0.15) is 47.5 Å². The summed E-state index contributed by atoms with van der Waals surface area (Å²) >= 11 is 7.43. The highest BCUT2D eigenvalue weighted by molar-refractivity contribution is 7.08. The first-order valence-corrected chi connectivity index (χ1v) is 7.13. The molecule has 6 heteroatoms. The van der Waals surface area contributed by atoms with Gasteiger partial charge in [0.2, 0.25) is 0 Å². The van der Waals surface area contributed by atoms with Crippen LogP contribution >= 0.6 is 23.1 Å². The number of aromatic nitrogens is 2. The molecule has 4 nitrogen and oxygen atoms in total. The average molecular weight is 274 g/mol. The summed E-state index contributed by atoms with van der Waals surface area (Å²) in [5.41, 5.74) is 0.687. The Labute approximate surface area is 110 Å². The molecule has 2 atom stereocenters. The lowest BCUT2D eigenvalue weighted by molar-refractivity contribution is 0.0937. The maximum absolute atomic E-state index is 12.0. The first kappa shape index (κ1) is 12.8. The second-order valence-electron chi connectivity index (χ2n) is 4.42. The zero-order valence-electron chi connectivity index (χ0n) is 9.78. The van der Waals surface area contributed by atoms with Crippen LogP contribution in [0.3, 0.4) is 0 Å². The molecule has 1 aliphatic rings. The zero-order valence-corrected chi connectivity index (χ0v) is 11.4. The van der Waals surface area contributed by atoms with Gasteiger partial charge in [0, 0.05) is 6.04 Å². The van der Waals surface area contributed by atoms with Crippen LogP contribution in [0.4, 0.5) is 0 Å². The molecule has 0 aromatic carbocycles. The average Bonchev–Trinajstić information content (AvgIpc) is 2.63. The molecule has 1 heterocycles. The monoisotopic (exact) mass is 273 g/mol. The van der Waals surface area contributed by atoms with Crippen molar-refractivity contribution in [1.29, 1.82) is 0 Å². The van der Waals surface area contributed by atoms with Crippen molar-refractivity contribution in [2.45, 2.75) is 50.4 Å². The first-order chi connectivity index (χ1) is 8.18. The summed E-state index contributed by atoms with van der Waals surface area (Å²) in [4.78, 5) is 12.6. The predicted molar refractivity (Wildman–Crippen MR) is 68.6 cm³/mol. The molecule has 1 aromatic heterocycles. The molecule has 1 saturated carbocycles. The zero-order chi connectivity index (χ0) is 12.3. The highest BCUT2D eigenvalue weighted by Crippen LogP contribution is 2.23. The number of alkyl halides is 1. The molecular weight excluding hydrogens is 258 g/mol. The van der Waals surface area contributed by atoms with Crippen molar-refractivity contribution >= 4 is 29.0 Å². The van der Waals surface area contributed by atoms with Gasteiger partial charge in [-0.05, 0) is 31.3 Å². The number of hydrogen-bond donors (Lipinski definition) is 1. The van der Waals surface area contributed by atoms with Gasteiger partial charge in [0.1, 0.15) is 4.88 Å². The fourth-order valence-electron chi connectivity index (χ4n) is 2.10. The number of nitrogens with zero attached hydrogens (tertiary/aromatic N) is 2. The molecule has 1 N–H and O–H groups in total. The van der Waals surface area contributed by atoms with Crippen LogP contribution < -0.4 is 5.32 Å². The van der Waals surface area contributed by atoms with E-state index in [2.05, 4.69) is 14.9 Å². The number of nitrogens with one attached hydrogen (secondary N) is 1. The van der Waals surface area contributed by atoms with Crippen molar-refractivity contribution in [3.05, 3.63) is 10.6 Å². The third-order valence-electron chi connectivity index (χ3n) is 3.11. The van der Waals surface area contributed by atoms with E-state index in [9.17, 15) is 4.79 Å². The minimum absolute atomic E-state index is 0.0441. The standard InChI is InChI=1S/C11H16ClN3OS/c1-7-10(17-15-14-7)11(16)13-9-6-4-2-3-5-8(9)12/h8-9H,2-6H2,1H3,(H,13,16). The smallest absolute Gasteiger partial charge is 0.265 e. The van der Waals surface area contributed by atoms with E-state index in [4.69, 9.17) is 11.6 Å². The topological polar surface area (TPSA) is 54.9 Å². The SMILES string of the molecule is Cc1nnsc1C(=O)NC1CCCCCC1Cl. The van der Waals surface area contributed by atoms with Crippen molar-refractivity contribution in [3.8, 4) is 0 Å². The third kappa shape index (κ3) is 3.16. The number of halogens is 1. The number of carbonyl (C=O) groups is 1. The van der Waals surface area contributed by atoms with Gasteiger partial charge in [-0.1, -0.05) is 23.8 Å². The molecule has 0 saturated heterocycles. The molecule has 2 rings (SSSR count). The molecule has 1 aliphatic carbocycles. The van der Waals surface area contributed by atoms with Gasteiger partial charge in [0.15, 0.2) is 0 Å². The molecule has 17 heavy (non-hydrogen) atoms. The van der Waals surface area contributed by atoms with Gasteiger partial charge >= 0.3 is 0 Å². The van der Waals surface area contributed by atoms with E-state index in [1.165, 1.54) is 6.42 Å². The van der Waals surface area contributed by atoms with Crippen LogP contribution in [0.2, 0.25) is 0 Å². The summed E-state index contributed by atoms with van der Waals surface area (Å²) in [5, 5.41) is 6.90. The summed E-state index contributed by atoms with van der Waals surface area (Å²) in [5.74, 6) is -0.0879. The van der Waals surface area contributed by atoms with Gasteiger partial charge in [-0.25, -0.2) is 0 Å². The van der Waals surface area contributed by atoms with Crippen molar-refractivity contribution in [2.75, 3.05) is 0 Å². The summed E-state index contributed by atoms with van der Waals surface area (Å²) < 4.78 is 3.77. The summed E-state index contributed by atoms with van der Waals surface area (Å²) in [6, 6.07) is 0.0770. The quantitative estimate of drug-likeness (QED) is 0.665. The summed E-state index contributed by atoms with van der Waals surface area (Å²) in [6.07, 6.45) is 5.43. The second kappa shape index (κ2) is 5.78. The predicted octanol–water partition coefficient (Wildman–Crippen LogP) is 2.52. The van der Waals surface area contributed by atoms with Gasteiger partial charge in [0.05, 0.1) is 11.1 Å². The number of hydrogen-bond acceptors (Lipinski definition) is 4. The molecule has 0 radical (unpaired) electrons. The van der Waals surface area contributed by atoms with E-state index in [0.29, 0.717) is 10.6 Å². The maximum atomic E-state index is 12.0. The Morgan fingerprint density at radius 1 is 1.41 bits per heavy atom. The van der Waals surface area contributed by atoms with Crippen molar-refractivity contribution in [3.63, 3.8) is 0 Å². The number of carbonyl (C=O) groups excluding carboxylic acids is 1. The molecule has 0 spiro atoms. The largest absolute Gasteiger partial charge is 0.347 e. The Morgan fingerprint density at radius 3 is 2.88 bits per heavy atom. The summed E-state index contributed by atoms with van der Waals surface area (Å²) in [7, 11) is 0. The Hall–Kier alpha value is -0.680. The van der Waals surface area contributed by atoms with E-state index in [-0.39, 0.29) is 17.3 Å². The van der Waals surface area contributed by atoms with Gasteiger partial charge in [-0.2, -0.15) is 0 Å². The van der Waals surface area contributed by atoms with Crippen molar-refractivity contribution in [2.24, 2.45) is 0 Å². The number of aryl methyl sites for hydroxylation is 1.